The number of anilines is 1. The summed E-state index contributed by atoms with van der Waals surface area (Å²) in [6, 6.07) is 8.20. The Bertz CT molecular complexity index is 599. The summed E-state index contributed by atoms with van der Waals surface area (Å²) in [7, 11) is 0. The number of hydrogen-bond acceptors (Lipinski definition) is 4. The summed E-state index contributed by atoms with van der Waals surface area (Å²) in [6.45, 7) is 8.75. The molecule has 0 unspecified atom stereocenters. The number of amides is 1. The van der Waals surface area contributed by atoms with E-state index in [2.05, 4.69) is 54.0 Å². The van der Waals surface area contributed by atoms with E-state index < -0.39 is 0 Å². The fraction of sp³-hybridized carbons (Fsp3) is 0.600. The molecule has 0 radical (unpaired) electrons. The second-order valence-corrected chi connectivity index (χ2v) is 7.60. The fourth-order valence-corrected chi connectivity index (χ4v) is 3.38. The lowest BCUT2D eigenvalue weighted by atomic mass is 10.1. The van der Waals surface area contributed by atoms with E-state index in [-0.39, 0.29) is 18.1 Å². The highest BCUT2D eigenvalue weighted by atomic mass is 32.1. The Morgan fingerprint density at radius 1 is 1.19 bits per heavy atom. The molecule has 1 fully saturated rings. The predicted molar refractivity (Wildman–Crippen MR) is 114 cm³/mol. The van der Waals surface area contributed by atoms with Gasteiger partial charge in [0.25, 0.3) is 0 Å². The Labute approximate surface area is 168 Å². The number of nitrogens with one attached hydrogen (secondary N) is 3. The summed E-state index contributed by atoms with van der Waals surface area (Å²) in [6.07, 6.45) is 4.32. The molecule has 0 aromatic heterocycles. The number of rotatable bonds is 7. The van der Waals surface area contributed by atoms with Crippen molar-refractivity contribution >= 4 is 28.9 Å². The van der Waals surface area contributed by atoms with E-state index in [1.54, 1.807) is 0 Å². The molecule has 1 aliphatic heterocycles. The second-order valence-electron chi connectivity index (χ2n) is 7.19. The number of unbranched alkanes of at least 4 members (excludes halogenated alkanes) is 1. The largest absolute Gasteiger partial charge is 0.373 e. The maximum atomic E-state index is 12.0. The standard InChI is InChI=1S/C20H32N4O2S/c1-4-5-6-17-7-9-18(10-8-17)21-20(27)23-22-19(25)11-12-24-13-15(2)26-16(3)14-24/h7-10,15-16H,4-6,11-14H2,1-3H3,(H,22,25)(H2,21,23,27)/t15-,16+. The number of benzene rings is 1. The van der Waals surface area contributed by atoms with E-state index >= 15 is 0 Å². The molecule has 0 saturated carbocycles. The number of hydrazine groups is 1. The smallest absolute Gasteiger partial charge is 0.239 e. The van der Waals surface area contributed by atoms with Crippen LogP contribution in [0.1, 0.15) is 45.6 Å². The average Bonchev–Trinajstić information content (AvgIpc) is 2.63. The lowest BCUT2D eigenvalue weighted by Crippen LogP contribution is -2.48. The molecule has 2 atom stereocenters. The van der Waals surface area contributed by atoms with E-state index in [9.17, 15) is 4.79 Å². The van der Waals surface area contributed by atoms with Crippen LogP contribution in [0.4, 0.5) is 5.69 Å². The monoisotopic (exact) mass is 392 g/mol. The van der Waals surface area contributed by atoms with Gasteiger partial charge in [0.2, 0.25) is 5.91 Å². The summed E-state index contributed by atoms with van der Waals surface area (Å²) in [4.78, 5) is 14.3. The van der Waals surface area contributed by atoms with Crippen LogP contribution in [0.15, 0.2) is 24.3 Å². The van der Waals surface area contributed by atoms with Crippen LogP contribution in [-0.4, -0.2) is 47.8 Å². The van der Waals surface area contributed by atoms with Crippen LogP contribution >= 0.6 is 12.2 Å². The minimum atomic E-state index is -0.0825. The van der Waals surface area contributed by atoms with Crippen LogP contribution in [-0.2, 0) is 16.0 Å². The number of nitrogens with zero attached hydrogens (tertiary/aromatic N) is 1. The maximum Gasteiger partial charge on any atom is 0.239 e. The molecule has 0 aliphatic carbocycles. The molecule has 1 aliphatic rings. The highest BCUT2D eigenvalue weighted by Crippen LogP contribution is 2.12. The number of morpholine rings is 1. The van der Waals surface area contributed by atoms with E-state index in [1.165, 1.54) is 18.4 Å². The molecule has 1 amide bonds. The van der Waals surface area contributed by atoms with Gasteiger partial charge in [-0.05, 0) is 56.6 Å². The van der Waals surface area contributed by atoms with Gasteiger partial charge in [-0.2, -0.15) is 0 Å². The maximum absolute atomic E-state index is 12.0. The number of aryl methyl sites for hydroxylation is 1. The molecule has 1 aromatic carbocycles. The molecule has 7 heteroatoms. The molecule has 1 saturated heterocycles. The van der Waals surface area contributed by atoms with Gasteiger partial charge in [-0.15, -0.1) is 0 Å². The van der Waals surface area contributed by atoms with Crippen molar-refractivity contribution in [3.05, 3.63) is 29.8 Å². The summed E-state index contributed by atoms with van der Waals surface area (Å²) in [5.41, 5.74) is 7.64. The van der Waals surface area contributed by atoms with Crippen LogP contribution in [0.2, 0.25) is 0 Å². The van der Waals surface area contributed by atoms with E-state index in [0.717, 1.165) is 25.2 Å². The van der Waals surface area contributed by atoms with Gasteiger partial charge in [0.15, 0.2) is 5.11 Å². The minimum absolute atomic E-state index is 0.0825. The molecular formula is C20H32N4O2S. The zero-order chi connectivity index (χ0) is 19.6. The van der Waals surface area contributed by atoms with Crippen LogP contribution in [0.3, 0.4) is 0 Å². The number of hydrogen-bond donors (Lipinski definition) is 3. The molecule has 27 heavy (non-hydrogen) atoms. The van der Waals surface area contributed by atoms with Crippen molar-refractivity contribution < 1.29 is 9.53 Å². The summed E-state index contributed by atoms with van der Waals surface area (Å²) < 4.78 is 5.71. The van der Waals surface area contributed by atoms with Crippen molar-refractivity contribution in [1.29, 1.82) is 0 Å². The molecule has 0 spiro atoms. The van der Waals surface area contributed by atoms with Gasteiger partial charge in [0, 0.05) is 31.7 Å². The van der Waals surface area contributed by atoms with Crippen LogP contribution in [0.25, 0.3) is 0 Å². The summed E-state index contributed by atoms with van der Waals surface area (Å²) in [5.74, 6) is -0.0825. The van der Waals surface area contributed by atoms with Gasteiger partial charge in [0.1, 0.15) is 0 Å². The number of ether oxygens (including phenoxy) is 1. The van der Waals surface area contributed by atoms with Crippen molar-refractivity contribution in [1.82, 2.24) is 15.8 Å². The first-order chi connectivity index (χ1) is 13.0. The Balaban J connectivity index is 1.65. The molecule has 150 valence electrons. The van der Waals surface area contributed by atoms with Crippen molar-refractivity contribution in [2.75, 3.05) is 25.0 Å². The zero-order valence-corrected chi connectivity index (χ0v) is 17.4. The normalized spacial score (nSPS) is 20.1. The second kappa shape index (κ2) is 11.2. The predicted octanol–water partition coefficient (Wildman–Crippen LogP) is 2.85. The van der Waals surface area contributed by atoms with E-state index in [4.69, 9.17) is 17.0 Å². The van der Waals surface area contributed by atoms with Crippen LogP contribution in [0.5, 0.6) is 0 Å². The molecule has 3 N–H and O–H groups in total. The number of carbonyl (C=O) groups is 1. The topological polar surface area (TPSA) is 65.6 Å². The van der Waals surface area contributed by atoms with Crippen molar-refractivity contribution in [3.8, 4) is 0 Å². The summed E-state index contributed by atoms with van der Waals surface area (Å²) in [5, 5.41) is 3.45. The van der Waals surface area contributed by atoms with E-state index in [1.807, 2.05) is 12.1 Å². The van der Waals surface area contributed by atoms with Crippen molar-refractivity contribution in [3.63, 3.8) is 0 Å². The van der Waals surface area contributed by atoms with Gasteiger partial charge >= 0.3 is 0 Å². The van der Waals surface area contributed by atoms with Crippen LogP contribution < -0.4 is 16.2 Å². The first kappa shape index (κ1) is 21.6. The zero-order valence-electron chi connectivity index (χ0n) is 16.6. The van der Waals surface area contributed by atoms with Gasteiger partial charge in [0.05, 0.1) is 12.2 Å². The van der Waals surface area contributed by atoms with Crippen LogP contribution in [0, 0.1) is 0 Å². The third-order valence-electron chi connectivity index (χ3n) is 4.50. The number of thiocarbonyl (C=S) groups is 1. The summed E-state index contributed by atoms with van der Waals surface area (Å²) >= 11 is 5.23. The van der Waals surface area contributed by atoms with Crippen molar-refractivity contribution in [2.45, 2.75) is 58.7 Å². The lowest BCUT2D eigenvalue weighted by Gasteiger charge is -2.35. The molecular weight excluding hydrogens is 360 g/mol. The molecule has 0 bridgehead atoms. The Kier molecular flexibility index (Phi) is 8.97. The molecule has 1 heterocycles. The van der Waals surface area contributed by atoms with Gasteiger partial charge in [-0.3, -0.25) is 20.5 Å². The molecule has 1 aromatic rings. The van der Waals surface area contributed by atoms with Gasteiger partial charge < -0.3 is 10.1 Å². The average molecular weight is 393 g/mol. The molecule has 2 rings (SSSR count). The van der Waals surface area contributed by atoms with Gasteiger partial charge in [-0.25, -0.2) is 0 Å². The Morgan fingerprint density at radius 3 is 2.48 bits per heavy atom. The third kappa shape index (κ3) is 8.24. The fourth-order valence-electron chi connectivity index (χ4n) is 3.21. The third-order valence-corrected chi connectivity index (χ3v) is 4.70. The van der Waals surface area contributed by atoms with Crippen molar-refractivity contribution in [2.24, 2.45) is 0 Å². The quantitative estimate of drug-likeness (QED) is 0.490. The van der Waals surface area contributed by atoms with E-state index in [0.29, 0.717) is 18.1 Å². The number of carbonyl (C=O) groups excluding carboxylic acids is 1. The minimum Gasteiger partial charge on any atom is -0.373 e. The SMILES string of the molecule is CCCCc1ccc(NC(=S)NNC(=O)CCN2C[C@@H](C)O[C@@H](C)C2)cc1. The first-order valence-corrected chi connectivity index (χ1v) is 10.2. The molecule has 6 nitrogen and oxygen atoms in total. The first-order valence-electron chi connectivity index (χ1n) is 9.79. The Hall–Kier alpha value is -1.70. The highest BCUT2D eigenvalue weighted by molar-refractivity contribution is 7.80. The lowest BCUT2D eigenvalue weighted by molar-refractivity contribution is -0.123. The highest BCUT2D eigenvalue weighted by Gasteiger charge is 2.22. The Morgan fingerprint density at radius 2 is 1.85 bits per heavy atom. The van der Waals surface area contributed by atoms with Gasteiger partial charge in [-0.1, -0.05) is 25.5 Å².